The molecule has 0 amide bonds. The Hall–Kier alpha value is -1.13. The zero-order chi connectivity index (χ0) is 15.2. The first-order chi connectivity index (χ1) is 9.57. The standard InChI is InChI=1S/C16H28O4/c1-2-3-4-5-6-8-11-14(17)15(18)12-9-7-10-13-16(19)20/h3-4,6,8,14-15,17-18H,2,5,7,9-13H2,1H3,(H,19,20)/b4-3-,8-6-/t14-,15-/m1/s1. The number of rotatable bonds is 12. The van der Waals surface area contributed by atoms with Gasteiger partial charge in [0.15, 0.2) is 0 Å². The second kappa shape index (κ2) is 12.9. The number of allylic oxidation sites excluding steroid dienone is 3. The van der Waals surface area contributed by atoms with E-state index >= 15 is 0 Å². The fourth-order valence-corrected chi connectivity index (χ4v) is 1.83. The van der Waals surface area contributed by atoms with Crippen LogP contribution in [0.4, 0.5) is 0 Å². The van der Waals surface area contributed by atoms with Gasteiger partial charge in [0.05, 0.1) is 12.2 Å². The van der Waals surface area contributed by atoms with Crippen LogP contribution < -0.4 is 0 Å². The Morgan fingerprint density at radius 3 is 2.35 bits per heavy atom. The van der Waals surface area contributed by atoms with E-state index in [1.807, 2.05) is 12.2 Å². The normalized spacial score (nSPS) is 14.9. The number of carboxylic acid groups (broad SMARTS) is 1. The van der Waals surface area contributed by atoms with Gasteiger partial charge >= 0.3 is 5.97 Å². The molecule has 3 N–H and O–H groups in total. The number of aliphatic hydroxyl groups is 2. The molecule has 0 aromatic heterocycles. The fraction of sp³-hybridized carbons (Fsp3) is 0.688. The van der Waals surface area contributed by atoms with Crippen LogP contribution in [-0.2, 0) is 4.79 Å². The van der Waals surface area contributed by atoms with Gasteiger partial charge in [-0.25, -0.2) is 0 Å². The highest BCUT2D eigenvalue weighted by molar-refractivity contribution is 5.66. The summed E-state index contributed by atoms with van der Waals surface area (Å²) in [6.45, 7) is 2.08. The number of aliphatic carboxylic acids is 1. The van der Waals surface area contributed by atoms with Gasteiger partial charge in [0, 0.05) is 6.42 Å². The van der Waals surface area contributed by atoms with E-state index in [4.69, 9.17) is 5.11 Å². The Balaban J connectivity index is 3.62. The summed E-state index contributed by atoms with van der Waals surface area (Å²) in [4.78, 5) is 10.3. The van der Waals surface area contributed by atoms with Crippen LogP contribution in [0.25, 0.3) is 0 Å². The fourth-order valence-electron chi connectivity index (χ4n) is 1.83. The molecular weight excluding hydrogens is 256 g/mol. The predicted octanol–water partition coefficient (Wildman–Crippen LogP) is 3.05. The number of hydrogen-bond acceptors (Lipinski definition) is 3. The van der Waals surface area contributed by atoms with E-state index in [1.165, 1.54) is 0 Å². The molecule has 2 atom stereocenters. The van der Waals surface area contributed by atoms with Crippen molar-refractivity contribution in [3.05, 3.63) is 24.3 Å². The molecule has 0 fully saturated rings. The van der Waals surface area contributed by atoms with Crippen molar-refractivity contribution < 1.29 is 20.1 Å². The Bertz CT molecular complexity index is 297. The first-order valence-electron chi connectivity index (χ1n) is 7.45. The second-order valence-electron chi connectivity index (χ2n) is 4.95. The topological polar surface area (TPSA) is 77.8 Å². The van der Waals surface area contributed by atoms with Crippen LogP contribution in [0.5, 0.6) is 0 Å². The zero-order valence-corrected chi connectivity index (χ0v) is 12.4. The zero-order valence-electron chi connectivity index (χ0n) is 12.4. The minimum Gasteiger partial charge on any atom is -0.481 e. The Labute approximate surface area is 121 Å². The third kappa shape index (κ3) is 11.9. The second-order valence-corrected chi connectivity index (χ2v) is 4.95. The summed E-state index contributed by atoms with van der Waals surface area (Å²) in [6, 6.07) is 0. The largest absolute Gasteiger partial charge is 0.481 e. The van der Waals surface area contributed by atoms with Gasteiger partial charge in [-0.15, -0.1) is 0 Å². The van der Waals surface area contributed by atoms with Crippen LogP contribution in [0, 0.1) is 0 Å². The van der Waals surface area contributed by atoms with Crippen molar-refractivity contribution in [1.29, 1.82) is 0 Å². The van der Waals surface area contributed by atoms with E-state index < -0.39 is 18.2 Å². The SMILES string of the molecule is CC/C=C\C/C=C\C[C@@H](O)[C@H](O)CCCCCC(=O)O. The molecule has 0 spiro atoms. The lowest BCUT2D eigenvalue weighted by molar-refractivity contribution is -0.137. The van der Waals surface area contributed by atoms with Crippen molar-refractivity contribution in [3.63, 3.8) is 0 Å². The molecule has 0 saturated heterocycles. The van der Waals surface area contributed by atoms with Crippen LogP contribution in [-0.4, -0.2) is 33.5 Å². The van der Waals surface area contributed by atoms with Gasteiger partial charge in [0.1, 0.15) is 0 Å². The smallest absolute Gasteiger partial charge is 0.303 e. The Morgan fingerprint density at radius 1 is 1.00 bits per heavy atom. The Kier molecular flexibility index (Phi) is 12.2. The summed E-state index contributed by atoms with van der Waals surface area (Å²) in [5.74, 6) is -0.784. The van der Waals surface area contributed by atoms with Crippen LogP contribution >= 0.6 is 0 Å². The molecule has 0 aliphatic carbocycles. The van der Waals surface area contributed by atoms with Crippen molar-refractivity contribution >= 4 is 5.97 Å². The lowest BCUT2D eigenvalue weighted by atomic mass is 10.0. The molecule has 0 aromatic carbocycles. The molecule has 4 heteroatoms. The van der Waals surface area contributed by atoms with E-state index in [-0.39, 0.29) is 6.42 Å². The van der Waals surface area contributed by atoms with Crippen molar-refractivity contribution in [1.82, 2.24) is 0 Å². The first-order valence-corrected chi connectivity index (χ1v) is 7.45. The van der Waals surface area contributed by atoms with E-state index in [0.717, 1.165) is 25.7 Å². The molecule has 0 heterocycles. The number of carboxylic acids is 1. The van der Waals surface area contributed by atoms with E-state index in [0.29, 0.717) is 19.3 Å². The van der Waals surface area contributed by atoms with E-state index in [2.05, 4.69) is 19.1 Å². The first kappa shape index (κ1) is 18.9. The maximum atomic E-state index is 10.3. The highest BCUT2D eigenvalue weighted by atomic mass is 16.4. The maximum absolute atomic E-state index is 10.3. The molecule has 0 aromatic rings. The molecule has 0 rings (SSSR count). The summed E-state index contributed by atoms with van der Waals surface area (Å²) in [7, 11) is 0. The quantitative estimate of drug-likeness (QED) is 0.380. The van der Waals surface area contributed by atoms with E-state index in [1.54, 1.807) is 0 Å². The molecule has 0 aliphatic rings. The number of unbranched alkanes of at least 4 members (excludes halogenated alkanes) is 2. The highest BCUT2D eigenvalue weighted by Crippen LogP contribution is 2.11. The van der Waals surface area contributed by atoms with Gasteiger partial charge in [-0.3, -0.25) is 4.79 Å². The molecule has 0 bridgehead atoms. The Morgan fingerprint density at radius 2 is 1.70 bits per heavy atom. The van der Waals surface area contributed by atoms with Gasteiger partial charge < -0.3 is 15.3 Å². The molecule has 0 aliphatic heterocycles. The summed E-state index contributed by atoms with van der Waals surface area (Å²) < 4.78 is 0. The molecule has 116 valence electrons. The lowest BCUT2D eigenvalue weighted by Crippen LogP contribution is -2.25. The summed E-state index contributed by atoms with van der Waals surface area (Å²) in [5, 5.41) is 28.0. The predicted molar refractivity (Wildman–Crippen MR) is 80.5 cm³/mol. The molecule has 20 heavy (non-hydrogen) atoms. The number of carbonyl (C=O) groups is 1. The molecule has 4 nitrogen and oxygen atoms in total. The average Bonchev–Trinajstić information content (AvgIpc) is 2.41. The van der Waals surface area contributed by atoms with Crippen LogP contribution in [0.15, 0.2) is 24.3 Å². The van der Waals surface area contributed by atoms with Crippen LogP contribution in [0.1, 0.15) is 58.3 Å². The summed E-state index contributed by atoms with van der Waals surface area (Å²) in [6.07, 6.45) is 11.7. The average molecular weight is 284 g/mol. The molecule has 0 radical (unpaired) electrons. The van der Waals surface area contributed by atoms with Gasteiger partial charge in [0.2, 0.25) is 0 Å². The number of aliphatic hydroxyl groups excluding tert-OH is 2. The third-order valence-corrected chi connectivity index (χ3v) is 3.05. The van der Waals surface area contributed by atoms with Crippen LogP contribution in [0.3, 0.4) is 0 Å². The van der Waals surface area contributed by atoms with E-state index in [9.17, 15) is 15.0 Å². The van der Waals surface area contributed by atoms with Gasteiger partial charge in [0.25, 0.3) is 0 Å². The molecule has 0 saturated carbocycles. The monoisotopic (exact) mass is 284 g/mol. The summed E-state index contributed by atoms with van der Waals surface area (Å²) >= 11 is 0. The van der Waals surface area contributed by atoms with Crippen molar-refractivity contribution in [2.24, 2.45) is 0 Å². The van der Waals surface area contributed by atoms with Crippen LogP contribution in [0.2, 0.25) is 0 Å². The number of hydrogen-bond donors (Lipinski definition) is 3. The van der Waals surface area contributed by atoms with Gasteiger partial charge in [-0.1, -0.05) is 44.1 Å². The lowest BCUT2D eigenvalue weighted by Gasteiger charge is -2.15. The van der Waals surface area contributed by atoms with Crippen molar-refractivity contribution in [2.45, 2.75) is 70.5 Å². The minimum atomic E-state index is -0.784. The van der Waals surface area contributed by atoms with Gasteiger partial charge in [-0.05, 0) is 32.1 Å². The highest BCUT2D eigenvalue weighted by Gasteiger charge is 2.13. The maximum Gasteiger partial charge on any atom is 0.303 e. The van der Waals surface area contributed by atoms with Gasteiger partial charge in [-0.2, -0.15) is 0 Å². The van der Waals surface area contributed by atoms with Crippen molar-refractivity contribution in [3.8, 4) is 0 Å². The molecular formula is C16H28O4. The van der Waals surface area contributed by atoms with Crippen molar-refractivity contribution in [2.75, 3.05) is 0 Å². The third-order valence-electron chi connectivity index (χ3n) is 3.05. The minimum absolute atomic E-state index is 0.173. The molecule has 0 unspecified atom stereocenters. The summed E-state index contributed by atoms with van der Waals surface area (Å²) in [5.41, 5.74) is 0.